The number of anilines is 1. The Morgan fingerprint density at radius 1 is 0.960 bits per heavy atom. The lowest BCUT2D eigenvalue weighted by Crippen LogP contribution is -2.33. The Morgan fingerprint density at radius 2 is 1.64 bits per heavy atom. The van der Waals surface area contributed by atoms with Crippen LogP contribution in [0.1, 0.15) is 21.5 Å². The number of hydrogen-bond acceptors (Lipinski definition) is 4. The van der Waals surface area contributed by atoms with Crippen molar-refractivity contribution >= 4 is 17.5 Å². The molecule has 130 valence electrons. The molecule has 2 N–H and O–H groups in total. The molecule has 1 heterocycles. The molecule has 6 heteroatoms. The molecule has 0 bridgehead atoms. The third kappa shape index (κ3) is 4.29. The van der Waals surface area contributed by atoms with Crippen molar-refractivity contribution in [2.24, 2.45) is 0 Å². The number of nitrogens with one attached hydrogen (secondary N) is 2. The minimum Gasteiger partial charge on any atom is -0.486 e. The third-order valence-corrected chi connectivity index (χ3v) is 3.72. The van der Waals surface area contributed by atoms with Gasteiger partial charge in [0.05, 0.1) is 6.54 Å². The minimum atomic E-state index is -0.311. The molecule has 3 rings (SSSR count). The highest BCUT2D eigenvalue weighted by Gasteiger charge is 2.13. The molecule has 2 amide bonds. The smallest absolute Gasteiger partial charge is 0.251 e. The van der Waals surface area contributed by atoms with Gasteiger partial charge in [0.1, 0.15) is 13.2 Å². The zero-order valence-corrected chi connectivity index (χ0v) is 14.2. The van der Waals surface area contributed by atoms with Crippen LogP contribution in [0.4, 0.5) is 5.69 Å². The van der Waals surface area contributed by atoms with E-state index in [2.05, 4.69) is 10.6 Å². The van der Waals surface area contributed by atoms with Gasteiger partial charge in [-0.15, -0.1) is 0 Å². The molecule has 2 aromatic carbocycles. The molecular weight excluding hydrogens is 320 g/mol. The maximum Gasteiger partial charge on any atom is 0.251 e. The van der Waals surface area contributed by atoms with Crippen molar-refractivity contribution in [1.29, 1.82) is 0 Å². The van der Waals surface area contributed by atoms with Crippen LogP contribution < -0.4 is 20.1 Å². The van der Waals surface area contributed by atoms with E-state index in [0.717, 1.165) is 11.1 Å². The molecular formula is C19H20N2O4. The number of aryl methyl sites for hydroxylation is 2. The molecule has 0 aromatic heterocycles. The summed E-state index contributed by atoms with van der Waals surface area (Å²) in [5.74, 6) is 0.675. The lowest BCUT2D eigenvalue weighted by Gasteiger charge is -2.19. The van der Waals surface area contributed by atoms with Gasteiger partial charge in [-0.1, -0.05) is 17.2 Å². The first kappa shape index (κ1) is 16.8. The Kier molecular flexibility index (Phi) is 4.88. The number of benzene rings is 2. The summed E-state index contributed by atoms with van der Waals surface area (Å²) in [6, 6.07) is 10.8. The van der Waals surface area contributed by atoms with E-state index in [4.69, 9.17) is 9.47 Å². The van der Waals surface area contributed by atoms with E-state index in [0.29, 0.717) is 36.0 Å². The quantitative estimate of drug-likeness (QED) is 0.896. The normalized spacial score (nSPS) is 12.4. The number of fused-ring (bicyclic) bond motifs is 1. The standard InChI is InChI=1S/C19H20N2O4/c1-12-7-13(2)9-14(8-12)19(23)20-11-18(22)21-15-3-4-16-17(10-15)25-6-5-24-16/h3-4,7-10H,5-6,11H2,1-2H3,(H,20,23)(H,21,22). The molecule has 0 atom stereocenters. The molecule has 0 spiro atoms. The molecule has 1 aliphatic rings. The average molecular weight is 340 g/mol. The molecule has 2 aromatic rings. The van der Waals surface area contributed by atoms with Crippen molar-refractivity contribution in [2.75, 3.05) is 25.1 Å². The molecule has 0 unspecified atom stereocenters. The van der Waals surface area contributed by atoms with Crippen molar-refractivity contribution in [3.8, 4) is 11.5 Å². The summed E-state index contributed by atoms with van der Waals surface area (Å²) in [4.78, 5) is 24.2. The number of hydrogen-bond donors (Lipinski definition) is 2. The summed E-state index contributed by atoms with van der Waals surface area (Å²) in [5.41, 5.74) is 3.15. The lowest BCUT2D eigenvalue weighted by molar-refractivity contribution is -0.115. The van der Waals surface area contributed by atoms with Gasteiger partial charge in [-0.05, 0) is 38.1 Å². The molecule has 0 radical (unpaired) electrons. The lowest BCUT2D eigenvalue weighted by atomic mass is 10.1. The summed E-state index contributed by atoms with van der Waals surface area (Å²) in [7, 11) is 0. The zero-order chi connectivity index (χ0) is 17.8. The predicted octanol–water partition coefficient (Wildman–Crippen LogP) is 2.44. The second-order valence-electron chi connectivity index (χ2n) is 5.97. The van der Waals surface area contributed by atoms with Crippen molar-refractivity contribution < 1.29 is 19.1 Å². The first-order valence-electron chi connectivity index (χ1n) is 8.07. The highest BCUT2D eigenvalue weighted by Crippen LogP contribution is 2.32. The van der Waals surface area contributed by atoms with Crippen LogP contribution in [0, 0.1) is 13.8 Å². The summed E-state index contributed by atoms with van der Waals surface area (Å²) in [6.45, 7) is 4.75. The first-order valence-corrected chi connectivity index (χ1v) is 8.07. The highest BCUT2D eigenvalue weighted by molar-refractivity contribution is 5.99. The number of ether oxygens (including phenoxy) is 2. The van der Waals surface area contributed by atoms with E-state index in [-0.39, 0.29) is 18.4 Å². The molecule has 0 saturated carbocycles. The first-order chi connectivity index (χ1) is 12.0. The largest absolute Gasteiger partial charge is 0.486 e. The van der Waals surface area contributed by atoms with Gasteiger partial charge in [0, 0.05) is 17.3 Å². The summed E-state index contributed by atoms with van der Waals surface area (Å²) in [5, 5.41) is 5.36. The van der Waals surface area contributed by atoms with E-state index >= 15 is 0 Å². The van der Waals surface area contributed by atoms with Gasteiger partial charge >= 0.3 is 0 Å². The van der Waals surface area contributed by atoms with Crippen LogP contribution in [-0.2, 0) is 4.79 Å². The zero-order valence-electron chi connectivity index (χ0n) is 14.2. The van der Waals surface area contributed by atoms with E-state index in [9.17, 15) is 9.59 Å². The Morgan fingerprint density at radius 3 is 2.36 bits per heavy atom. The fraction of sp³-hybridized carbons (Fsp3) is 0.263. The Balaban J connectivity index is 1.56. The van der Waals surface area contributed by atoms with E-state index in [1.165, 1.54) is 0 Å². The van der Waals surface area contributed by atoms with Gasteiger partial charge in [-0.2, -0.15) is 0 Å². The SMILES string of the molecule is Cc1cc(C)cc(C(=O)NCC(=O)Nc2ccc3c(c2)OCCO3)c1. The average Bonchev–Trinajstić information content (AvgIpc) is 2.58. The minimum absolute atomic E-state index is 0.111. The Labute approximate surface area is 146 Å². The van der Waals surface area contributed by atoms with Crippen molar-refractivity contribution in [2.45, 2.75) is 13.8 Å². The molecule has 0 saturated heterocycles. The maximum absolute atomic E-state index is 12.2. The van der Waals surface area contributed by atoms with Gasteiger partial charge in [0.2, 0.25) is 5.91 Å². The van der Waals surface area contributed by atoms with Gasteiger partial charge in [0.15, 0.2) is 11.5 Å². The van der Waals surface area contributed by atoms with Crippen LogP contribution in [0.25, 0.3) is 0 Å². The van der Waals surface area contributed by atoms with Crippen molar-refractivity contribution in [3.05, 3.63) is 53.1 Å². The van der Waals surface area contributed by atoms with Crippen LogP contribution >= 0.6 is 0 Å². The topological polar surface area (TPSA) is 76.7 Å². The van der Waals surface area contributed by atoms with Gasteiger partial charge in [0.25, 0.3) is 5.91 Å². The summed E-state index contributed by atoms with van der Waals surface area (Å²) in [6.07, 6.45) is 0. The fourth-order valence-corrected chi connectivity index (χ4v) is 2.69. The Hall–Kier alpha value is -3.02. The van der Waals surface area contributed by atoms with Gasteiger partial charge in [-0.25, -0.2) is 0 Å². The van der Waals surface area contributed by atoms with Gasteiger partial charge in [-0.3, -0.25) is 9.59 Å². The maximum atomic E-state index is 12.2. The van der Waals surface area contributed by atoms with Gasteiger partial charge < -0.3 is 20.1 Å². The summed E-state index contributed by atoms with van der Waals surface area (Å²) >= 11 is 0. The van der Waals surface area contributed by atoms with Crippen molar-refractivity contribution in [3.63, 3.8) is 0 Å². The molecule has 1 aliphatic heterocycles. The number of amides is 2. The fourth-order valence-electron chi connectivity index (χ4n) is 2.69. The number of carbonyl (C=O) groups is 2. The molecule has 6 nitrogen and oxygen atoms in total. The predicted molar refractivity (Wildman–Crippen MR) is 94.3 cm³/mol. The molecule has 0 aliphatic carbocycles. The van der Waals surface area contributed by atoms with Crippen molar-refractivity contribution in [1.82, 2.24) is 5.32 Å². The van der Waals surface area contributed by atoms with Crippen LogP contribution in [0.2, 0.25) is 0 Å². The van der Waals surface area contributed by atoms with E-state index in [1.54, 1.807) is 30.3 Å². The van der Waals surface area contributed by atoms with Crippen LogP contribution in [0.5, 0.6) is 11.5 Å². The monoisotopic (exact) mass is 340 g/mol. The number of carbonyl (C=O) groups excluding carboxylic acids is 2. The van der Waals surface area contributed by atoms with Crippen LogP contribution in [-0.4, -0.2) is 31.6 Å². The van der Waals surface area contributed by atoms with E-state index in [1.807, 2.05) is 19.9 Å². The van der Waals surface area contributed by atoms with Crippen LogP contribution in [0.3, 0.4) is 0 Å². The molecule has 25 heavy (non-hydrogen) atoms. The molecule has 0 fully saturated rings. The Bertz CT molecular complexity index is 797. The highest BCUT2D eigenvalue weighted by atomic mass is 16.6. The second-order valence-corrected chi connectivity index (χ2v) is 5.97. The van der Waals surface area contributed by atoms with Crippen LogP contribution in [0.15, 0.2) is 36.4 Å². The number of rotatable bonds is 4. The second kappa shape index (κ2) is 7.25. The summed E-state index contributed by atoms with van der Waals surface area (Å²) < 4.78 is 10.9. The van der Waals surface area contributed by atoms with E-state index < -0.39 is 0 Å². The third-order valence-electron chi connectivity index (χ3n) is 3.72.